The van der Waals surface area contributed by atoms with E-state index in [1.807, 2.05) is 25.1 Å². The molecule has 3 heteroatoms. The second kappa shape index (κ2) is 5.29. The molecular weight excluding hydrogens is 228 g/mol. The molecule has 0 saturated carbocycles. The summed E-state index contributed by atoms with van der Waals surface area (Å²) in [6.07, 6.45) is 3.19. The largest absolute Gasteiger partial charge is 0.491 e. The first-order valence-electron chi connectivity index (χ1n) is 6.68. The van der Waals surface area contributed by atoms with Crippen LogP contribution in [-0.2, 0) is 6.42 Å². The van der Waals surface area contributed by atoms with E-state index < -0.39 is 5.60 Å². The van der Waals surface area contributed by atoms with Crippen molar-refractivity contribution < 1.29 is 14.9 Å². The van der Waals surface area contributed by atoms with Gasteiger partial charge in [0.2, 0.25) is 0 Å². The second-order valence-electron chi connectivity index (χ2n) is 5.41. The summed E-state index contributed by atoms with van der Waals surface area (Å²) in [5.41, 5.74) is 1.41. The fourth-order valence-corrected chi connectivity index (χ4v) is 2.20. The molecule has 3 nitrogen and oxygen atoms in total. The Labute approximate surface area is 108 Å². The van der Waals surface area contributed by atoms with Crippen molar-refractivity contribution in [2.24, 2.45) is 0 Å². The van der Waals surface area contributed by atoms with Gasteiger partial charge in [-0.1, -0.05) is 13.0 Å². The third-order valence-electron chi connectivity index (χ3n) is 3.71. The zero-order valence-corrected chi connectivity index (χ0v) is 11.1. The highest BCUT2D eigenvalue weighted by molar-refractivity contribution is 5.38. The second-order valence-corrected chi connectivity index (χ2v) is 5.41. The predicted octanol–water partition coefficient (Wildman–Crippen LogP) is 2.60. The number of aryl methyl sites for hydroxylation is 1. The molecule has 0 saturated heterocycles. The maximum Gasteiger partial charge on any atom is 0.119 e. The van der Waals surface area contributed by atoms with Gasteiger partial charge < -0.3 is 14.9 Å². The highest BCUT2D eigenvalue weighted by Gasteiger charge is 2.20. The van der Waals surface area contributed by atoms with Crippen LogP contribution in [-0.4, -0.2) is 22.4 Å². The number of rotatable bonds is 4. The Balaban J connectivity index is 2.07. The van der Waals surface area contributed by atoms with Crippen LogP contribution in [0.15, 0.2) is 18.2 Å². The average molecular weight is 250 g/mol. The Morgan fingerprint density at radius 1 is 1.44 bits per heavy atom. The molecule has 0 radical (unpaired) electrons. The summed E-state index contributed by atoms with van der Waals surface area (Å²) >= 11 is 0. The number of aliphatic hydroxyl groups excluding tert-OH is 1. The molecule has 1 aliphatic rings. The lowest BCUT2D eigenvalue weighted by atomic mass is 9.89. The SMILES string of the molecule is CCC(C)(O)COc1ccc2c(c1)CCCC2O. The molecule has 2 atom stereocenters. The van der Waals surface area contributed by atoms with Crippen molar-refractivity contribution in [1.29, 1.82) is 0 Å². The first-order chi connectivity index (χ1) is 8.52. The van der Waals surface area contributed by atoms with Crippen LogP contribution in [0.1, 0.15) is 50.3 Å². The monoisotopic (exact) mass is 250 g/mol. The molecule has 0 aromatic heterocycles. The maximum absolute atomic E-state index is 9.90. The van der Waals surface area contributed by atoms with Crippen molar-refractivity contribution in [2.45, 2.75) is 51.2 Å². The van der Waals surface area contributed by atoms with Crippen LogP contribution in [0.5, 0.6) is 5.75 Å². The molecule has 0 bridgehead atoms. The third kappa shape index (κ3) is 3.03. The van der Waals surface area contributed by atoms with E-state index in [4.69, 9.17) is 4.74 Å². The number of aliphatic hydroxyl groups is 2. The van der Waals surface area contributed by atoms with Crippen LogP contribution >= 0.6 is 0 Å². The molecular formula is C15H22O3. The molecule has 0 fully saturated rings. The van der Waals surface area contributed by atoms with Gasteiger partial charge in [0.25, 0.3) is 0 Å². The number of hydrogen-bond acceptors (Lipinski definition) is 3. The van der Waals surface area contributed by atoms with Gasteiger partial charge in [-0.3, -0.25) is 0 Å². The van der Waals surface area contributed by atoms with E-state index in [0.717, 1.165) is 30.6 Å². The molecule has 0 heterocycles. The summed E-state index contributed by atoms with van der Waals surface area (Å²) in [7, 11) is 0. The lowest BCUT2D eigenvalue weighted by Gasteiger charge is -2.24. The quantitative estimate of drug-likeness (QED) is 0.863. The highest BCUT2D eigenvalue weighted by atomic mass is 16.5. The van der Waals surface area contributed by atoms with Gasteiger partial charge in [-0.2, -0.15) is 0 Å². The van der Waals surface area contributed by atoms with E-state index in [9.17, 15) is 10.2 Å². The maximum atomic E-state index is 9.90. The Morgan fingerprint density at radius 2 is 2.22 bits per heavy atom. The Bertz CT molecular complexity index is 412. The summed E-state index contributed by atoms with van der Waals surface area (Å²) in [5, 5.41) is 19.8. The molecule has 0 aliphatic heterocycles. The Kier molecular flexibility index (Phi) is 3.93. The average Bonchev–Trinajstić information content (AvgIpc) is 2.37. The van der Waals surface area contributed by atoms with Gasteiger partial charge in [-0.05, 0) is 55.9 Å². The molecule has 1 aromatic carbocycles. The minimum absolute atomic E-state index is 0.296. The van der Waals surface area contributed by atoms with Gasteiger partial charge in [0.05, 0.1) is 11.7 Å². The van der Waals surface area contributed by atoms with E-state index in [1.165, 1.54) is 5.56 Å². The standard InChI is InChI=1S/C15H22O3/c1-3-15(2,17)10-18-12-7-8-13-11(9-12)5-4-6-14(13)16/h7-9,14,16-17H,3-6,10H2,1-2H3. The van der Waals surface area contributed by atoms with Gasteiger partial charge in [-0.15, -0.1) is 0 Å². The van der Waals surface area contributed by atoms with Crippen LogP contribution in [0.25, 0.3) is 0 Å². The predicted molar refractivity (Wildman–Crippen MR) is 70.7 cm³/mol. The molecule has 100 valence electrons. The summed E-state index contributed by atoms with van der Waals surface area (Å²) in [6.45, 7) is 4.01. The fraction of sp³-hybridized carbons (Fsp3) is 0.600. The molecule has 0 amide bonds. The van der Waals surface area contributed by atoms with Crippen molar-refractivity contribution in [3.63, 3.8) is 0 Å². The molecule has 0 spiro atoms. The van der Waals surface area contributed by atoms with Crippen LogP contribution in [0, 0.1) is 0 Å². The topological polar surface area (TPSA) is 49.7 Å². The molecule has 2 rings (SSSR count). The fourth-order valence-electron chi connectivity index (χ4n) is 2.20. The minimum Gasteiger partial charge on any atom is -0.491 e. The Hall–Kier alpha value is -1.06. The van der Waals surface area contributed by atoms with Crippen molar-refractivity contribution >= 4 is 0 Å². The van der Waals surface area contributed by atoms with Gasteiger partial charge in [0.1, 0.15) is 12.4 Å². The van der Waals surface area contributed by atoms with Crippen molar-refractivity contribution in [3.05, 3.63) is 29.3 Å². The lowest BCUT2D eigenvalue weighted by Crippen LogP contribution is -2.31. The number of fused-ring (bicyclic) bond motifs is 1. The zero-order chi connectivity index (χ0) is 13.2. The number of benzene rings is 1. The summed E-state index contributed by atoms with van der Waals surface area (Å²) < 4.78 is 5.63. The van der Waals surface area contributed by atoms with Crippen LogP contribution in [0.4, 0.5) is 0 Å². The van der Waals surface area contributed by atoms with Crippen LogP contribution in [0.3, 0.4) is 0 Å². The highest BCUT2D eigenvalue weighted by Crippen LogP contribution is 2.32. The van der Waals surface area contributed by atoms with Crippen molar-refractivity contribution in [3.8, 4) is 5.75 Å². The van der Waals surface area contributed by atoms with Gasteiger partial charge in [0, 0.05) is 0 Å². The van der Waals surface area contributed by atoms with Crippen molar-refractivity contribution in [1.82, 2.24) is 0 Å². The lowest BCUT2D eigenvalue weighted by molar-refractivity contribution is 0.00840. The van der Waals surface area contributed by atoms with Gasteiger partial charge in [-0.25, -0.2) is 0 Å². The molecule has 1 aromatic rings. The Morgan fingerprint density at radius 3 is 2.94 bits per heavy atom. The number of ether oxygens (including phenoxy) is 1. The summed E-state index contributed by atoms with van der Waals surface area (Å²) in [6, 6.07) is 5.80. The van der Waals surface area contributed by atoms with E-state index in [1.54, 1.807) is 6.92 Å². The van der Waals surface area contributed by atoms with E-state index in [0.29, 0.717) is 13.0 Å². The van der Waals surface area contributed by atoms with Crippen LogP contribution in [0.2, 0.25) is 0 Å². The molecule has 18 heavy (non-hydrogen) atoms. The number of hydrogen-bond donors (Lipinski definition) is 2. The van der Waals surface area contributed by atoms with E-state index in [-0.39, 0.29) is 6.10 Å². The first kappa shape index (κ1) is 13.4. The summed E-state index contributed by atoms with van der Waals surface area (Å²) in [5.74, 6) is 0.775. The van der Waals surface area contributed by atoms with Gasteiger partial charge >= 0.3 is 0 Å². The molecule has 2 unspecified atom stereocenters. The molecule has 1 aliphatic carbocycles. The zero-order valence-electron chi connectivity index (χ0n) is 11.1. The minimum atomic E-state index is -0.782. The first-order valence-corrected chi connectivity index (χ1v) is 6.68. The van der Waals surface area contributed by atoms with Gasteiger partial charge in [0.15, 0.2) is 0 Å². The summed E-state index contributed by atoms with van der Waals surface area (Å²) in [4.78, 5) is 0. The third-order valence-corrected chi connectivity index (χ3v) is 3.71. The van der Waals surface area contributed by atoms with E-state index >= 15 is 0 Å². The van der Waals surface area contributed by atoms with E-state index in [2.05, 4.69) is 0 Å². The van der Waals surface area contributed by atoms with Crippen molar-refractivity contribution in [2.75, 3.05) is 6.61 Å². The van der Waals surface area contributed by atoms with Crippen LogP contribution < -0.4 is 4.74 Å². The normalized spacial score (nSPS) is 22.1. The smallest absolute Gasteiger partial charge is 0.119 e. The molecule has 2 N–H and O–H groups in total.